The summed E-state index contributed by atoms with van der Waals surface area (Å²) >= 11 is 0. The number of fused-ring (bicyclic) bond motifs is 1. The normalized spacial score (nSPS) is 38.5. The van der Waals surface area contributed by atoms with E-state index >= 15 is 0 Å². The van der Waals surface area contributed by atoms with Crippen molar-refractivity contribution in [2.45, 2.75) is 44.1 Å². The Morgan fingerprint density at radius 2 is 2.10 bits per heavy atom. The maximum Gasteiger partial charge on any atom is 0.136 e. The molecule has 0 amide bonds. The van der Waals surface area contributed by atoms with E-state index in [1.165, 1.54) is 30.5 Å². The maximum absolute atomic E-state index is 12.3. The van der Waals surface area contributed by atoms with Gasteiger partial charge in [-0.05, 0) is 17.5 Å². The Hall–Kier alpha value is -0.670. The molecule has 0 radical (unpaired) electrons. The molecule has 1 aromatic carbocycles. The molecule has 108 valence electrons. The van der Waals surface area contributed by atoms with Gasteiger partial charge in [-0.1, -0.05) is 31.2 Å². The molecule has 3 heteroatoms. The molecular weight excluding hydrogens is 314 g/mol. The molecule has 1 aromatic rings. The van der Waals surface area contributed by atoms with E-state index in [2.05, 4.69) is 36.5 Å². The highest BCUT2D eigenvalue weighted by Crippen LogP contribution is 2.52. The quantitative estimate of drug-likeness (QED) is 0.611. The SMILES string of the molecule is CC1C[C@H]2[C@H]3Cc4ccccc4[C@@]2(CC[NH2+]3)CC1=O.[Br-]. The molecule has 2 nitrogen and oxygen atoms in total. The second kappa shape index (κ2) is 4.96. The van der Waals surface area contributed by atoms with E-state index in [0.29, 0.717) is 17.7 Å². The average Bonchev–Trinajstić information content (AvgIpc) is 2.40. The molecule has 0 aromatic heterocycles. The van der Waals surface area contributed by atoms with Crippen LogP contribution >= 0.6 is 0 Å². The van der Waals surface area contributed by atoms with Crippen molar-refractivity contribution in [2.24, 2.45) is 11.8 Å². The topological polar surface area (TPSA) is 33.7 Å². The fourth-order valence-electron chi connectivity index (χ4n) is 5.02. The first kappa shape index (κ1) is 14.3. The van der Waals surface area contributed by atoms with Crippen LogP contribution < -0.4 is 22.3 Å². The minimum atomic E-state index is 0. The van der Waals surface area contributed by atoms with E-state index < -0.39 is 0 Å². The maximum atomic E-state index is 12.3. The predicted octanol–water partition coefficient (Wildman–Crippen LogP) is -1.56. The van der Waals surface area contributed by atoms with Crippen LogP contribution in [0.4, 0.5) is 0 Å². The zero-order chi connectivity index (χ0) is 13.0. The number of piperidine rings is 1. The molecule has 4 rings (SSSR count). The van der Waals surface area contributed by atoms with Gasteiger partial charge in [-0.15, -0.1) is 0 Å². The summed E-state index contributed by atoms with van der Waals surface area (Å²) in [7, 11) is 0. The number of quaternary nitrogens is 1. The van der Waals surface area contributed by atoms with Crippen molar-refractivity contribution >= 4 is 5.78 Å². The molecule has 2 aliphatic carbocycles. The molecule has 2 fully saturated rings. The standard InChI is InChI=1S/C17H21NO.BrH/c1-11-8-14-15-9-12-4-2-3-5-13(12)17(14,6-7-18-15)10-16(11)19;/h2-5,11,14-15,18H,6-10H2,1H3;1H/t11?,14-,15+,17+;/m0./s1. The Morgan fingerprint density at radius 3 is 2.95 bits per heavy atom. The third-order valence-corrected chi connectivity index (χ3v) is 5.94. The number of Topliss-reactive ketones (excluding diaryl/α,β-unsaturated/α-hetero) is 1. The van der Waals surface area contributed by atoms with Crippen LogP contribution in [0.1, 0.15) is 37.3 Å². The summed E-state index contributed by atoms with van der Waals surface area (Å²) in [5.41, 5.74) is 3.18. The number of hydrogen-bond donors (Lipinski definition) is 1. The lowest BCUT2D eigenvalue weighted by atomic mass is 9.51. The molecular formula is C17H22BrNO. The van der Waals surface area contributed by atoms with Gasteiger partial charge in [0.2, 0.25) is 0 Å². The summed E-state index contributed by atoms with van der Waals surface area (Å²) in [4.78, 5) is 12.3. The number of carbonyl (C=O) groups excluding carboxylic acids is 1. The number of ketones is 1. The van der Waals surface area contributed by atoms with Crippen molar-refractivity contribution in [2.75, 3.05) is 6.54 Å². The molecule has 1 heterocycles. The minimum absolute atomic E-state index is 0. The second-order valence-electron chi connectivity index (χ2n) is 6.84. The third kappa shape index (κ3) is 1.82. The monoisotopic (exact) mass is 335 g/mol. The van der Waals surface area contributed by atoms with Gasteiger partial charge in [0.15, 0.2) is 0 Å². The lowest BCUT2D eigenvalue weighted by Crippen LogP contribution is -3.00. The summed E-state index contributed by atoms with van der Waals surface area (Å²) < 4.78 is 0. The number of nitrogens with two attached hydrogens (primary N) is 1. The zero-order valence-electron chi connectivity index (χ0n) is 11.9. The molecule has 2 N–H and O–H groups in total. The molecule has 1 saturated carbocycles. The number of benzene rings is 1. The number of carbonyl (C=O) groups is 1. The summed E-state index contributed by atoms with van der Waals surface area (Å²) in [6.07, 6.45) is 4.28. The number of rotatable bonds is 0. The van der Waals surface area contributed by atoms with Crippen LogP contribution in [0.25, 0.3) is 0 Å². The van der Waals surface area contributed by atoms with Gasteiger partial charge in [-0.2, -0.15) is 0 Å². The summed E-state index contributed by atoms with van der Waals surface area (Å²) in [5, 5.41) is 2.54. The van der Waals surface area contributed by atoms with Gasteiger partial charge < -0.3 is 22.3 Å². The Morgan fingerprint density at radius 1 is 1.30 bits per heavy atom. The van der Waals surface area contributed by atoms with Crippen molar-refractivity contribution in [1.29, 1.82) is 0 Å². The van der Waals surface area contributed by atoms with Gasteiger partial charge in [0, 0.05) is 36.5 Å². The van der Waals surface area contributed by atoms with Gasteiger partial charge in [-0.25, -0.2) is 0 Å². The first-order valence-electron chi connectivity index (χ1n) is 7.65. The smallest absolute Gasteiger partial charge is 0.136 e. The van der Waals surface area contributed by atoms with E-state index in [1.807, 2.05) is 0 Å². The Bertz CT molecular complexity index is 544. The lowest BCUT2D eigenvalue weighted by molar-refractivity contribution is -0.710. The Balaban J connectivity index is 0.00000121. The van der Waals surface area contributed by atoms with Crippen LogP contribution in [-0.4, -0.2) is 18.4 Å². The van der Waals surface area contributed by atoms with Crippen LogP contribution in [0.5, 0.6) is 0 Å². The lowest BCUT2D eigenvalue weighted by Gasteiger charge is -2.54. The van der Waals surface area contributed by atoms with Crippen molar-refractivity contribution in [3.05, 3.63) is 35.4 Å². The van der Waals surface area contributed by atoms with Gasteiger partial charge in [0.1, 0.15) is 5.78 Å². The molecule has 1 unspecified atom stereocenters. The third-order valence-electron chi connectivity index (χ3n) is 5.94. The highest BCUT2D eigenvalue weighted by atomic mass is 79.9. The van der Waals surface area contributed by atoms with E-state index in [1.54, 1.807) is 0 Å². The van der Waals surface area contributed by atoms with Crippen LogP contribution in [0.3, 0.4) is 0 Å². The molecule has 2 bridgehead atoms. The van der Waals surface area contributed by atoms with Gasteiger partial charge >= 0.3 is 0 Å². The van der Waals surface area contributed by atoms with Crippen LogP contribution in [0.2, 0.25) is 0 Å². The van der Waals surface area contributed by atoms with Crippen molar-refractivity contribution in [1.82, 2.24) is 0 Å². The van der Waals surface area contributed by atoms with Crippen molar-refractivity contribution in [3.8, 4) is 0 Å². The Kier molecular flexibility index (Phi) is 3.54. The van der Waals surface area contributed by atoms with Crippen molar-refractivity contribution < 1.29 is 27.1 Å². The zero-order valence-corrected chi connectivity index (χ0v) is 13.5. The fraction of sp³-hybridized carbons (Fsp3) is 0.588. The second-order valence-corrected chi connectivity index (χ2v) is 6.84. The predicted molar refractivity (Wildman–Crippen MR) is 73.9 cm³/mol. The minimum Gasteiger partial charge on any atom is -1.00 e. The van der Waals surface area contributed by atoms with E-state index in [9.17, 15) is 4.79 Å². The molecule has 1 aliphatic heterocycles. The first-order valence-corrected chi connectivity index (χ1v) is 7.65. The van der Waals surface area contributed by atoms with Gasteiger partial charge in [0.25, 0.3) is 0 Å². The summed E-state index contributed by atoms with van der Waals surface area (Å²) in [6, 6.07) is 9.60. The van der Waals surface area contributed by atoms with Gasteiger partial charge in [0.05, 0.1) is 12.6 Å². The number of hydrogen-bond acceptors (Lipinski definition) is 1. The van der Waals surface area contributed by atoms with E-state index in [-0.39, 0.29) is 28.3 Å². The molecule has 0 spiro atoms. The van der Waals surface area contributed by atoms with Crippen LogP contribution in [0.15, 0.2) is 24.3 Å². The first-order chi connectivity index (χ1) is 9.21. The molecule has 20 heavy (non-hydrogen) atoms. The van der Waals surface area contributed by atoms with Crippen LogP contribution in [-0.2, 0) is 16.6 Å². The highest BCUT2D eigenvalue weighted by molar-refractivity contribution is 5.83. The Labute approximate surface area is 131 Å². The highest BCUT2D eigenvalue weighted by Gasteiger charge is 2.56. The van der Waals surface area contributed by atoms with Crippen molar-refractivity contribution in [3.63, 3.8) is 0 Å². The molecule has 3 aliphatic rings. The average molecular weight is 336 g/mol. The van der Waals surface area contributed by atoms with E-state index in [0.717, 1.165) is 12.8 Å². The number of halogens is 1. The summed E-state index contributed by atoms with van der Waals surface area (Å²) in [6.45, 7) is 3.32. The molecule has 1 saturated heterocycles. The molecule has 4 atom stereocenters. The van der Waals surface area contributed by atoms with Crippen LogP contribution in [0, 0.1) is 11.8 Å². The van der Waals surface area contributed by atoms with E-state index in [4.69, 9.17) is 0 Å². The summed E-state index contributed by atoms with van der Waals surface area (Å²) in [5.74, 6) is 1.48. The van der Waals surface area contributed by atoms with Gasteiger partial charge in [-0.3, -0.25) is 4.79 Å². The largest absolute Gasteiger partial charge is 1.00 e. The fourth-order valence-corrected chi connectivity index (χ4v) is 5.02.